The van der Waals surface area contributed by atoms with Gasteiger partial charge in [-0.3, -0.25) is 9.59 Å². The van der Waals surface area contributed by atoms with Gasteiger partial charge < -0.3 is 49.6 Å². The molecular weight excluding hydrogens is 616 g/mol. The van der Waals surface area contributed by atoms with Gasteiger partial charge in [0, 0.05) is 12.5 Å². The Bertz CT molecular complexity index is 1140. The fraction of sp³-hybridized carbons (Fsp3) is 0.559. The zero-order valence-electron chi connectivity index (χ0n) is 26.5. The number of aliphatic carboxylic acids is 1. The molecule has 47 heavy (non-hydrogen) atoms. The van der Waals surface area contributed by atoms with Crippen molar-refractivity contribution in [3.05, 3.63) is 72.9 Å². The van der Waals surface area contributed by atoms with E-state index in [1.54, 1.807) is 48.6 Å². The number of hydrogen-bond acceptors (Lipinski definition) is 12. The van der Waals surface area contributed by atoms with Gasteiger partial charge in [-0.2, -0.15) is 0 Å². The topological polar surface area (TPSA) is 210 Å². The molecule has 13 nitrogen and oxygen atoms in total. The molecule has 0 aromatic heterocycles. The number of hydrogen-bond donors (Lipinski definition) is 6. The fourth-order valence-corrected chi connectivity index (χ4v) is 4.54. The van der Waals surface area contributed by atoms with E-state index in [4.69, 9.17) is 24.1 Å². The highest BCUT2D eigenvalue weighted by Gasteiger charge is 2.45. The number of carboxylic acid groups (broad SMARTS) is 1. The maximum atomic E-state index is 12.2. The lowest BCUT2D eigenvalue weighted by atomic mass is 9.99. The summed E-state index contributed by atoms with van der Waals surface area (Å²) in [7, 11) is 0. The van der Waals surface area contributed by atoms with Crippen LogP contribution < -0.4 is 0 Å². The normalized spacial score (nSPS) is 36.0. The summed E-state index contributed by atoms with van der Waals surface area (Å²) >= 11 is 0. The second-order valence-corrected chi connectivity index (χ2v) is 11.3. The van der Waals surface area contributed by atoms with Crippen LogP contribution in [0.4, 0.5) is 0 Å². The Morgan fingerprint density at radius 2 is 1.57 bits per heavy atom. The molecule has 6 N–H and O–H groups in total. The van der Waals surface area contributed by atoms with Crippen LogP contribution in [0.25, 0.3) is 0 Å². The summed E-state index contributed by atoms with van der Waals surface area (Å²) in [6.07, 6.45) is 11.5. The summed E-state index contributed by atoms with van der Waals surface area (Å²) in [4.78, 5) is 34.7. The predicted molar refractivity (Wildman–Crippen MR) is 169 cm³/mol. The van der Waals surface area contributed by atoms with Crippen LogP contribution in [0.3, 0.4) is 0 Å². The van der Waals surface area contributed by atoms with Crippen LogP contribution >= 0.6 is 0 Å². The number of rotatable bonds is 7. The maximum absolute atomic E-state index is 12.2. The minimum atomic E-state index is -1.70. The first kappa shape index (κ1) is 39.7. The van der Waals surface area contributed by atoms with Gasteiger partial charge in [0.25, 0.3) is 0 Å². The molecule has 1 saturated heterocycles. The summed E-state index contributed by atoms with van der Waals surface area (Å²) in [6, 6.07) is 0. The Morgan fingerprint density at radius 3 is 2.34 bits per heavy atom. The molecule has 1 fully saturated rings. The molecule has 0 aromatic carbocycles. The van der Waals surface area contributed by atoms with Crippen molar-refractivity contribution < 1.29 is 64.0 Å². The van der Waals surface area contributed by atoms with Gasteiger partial charge in [0.2, 0.25) is 0 Å². The van der Waals surface area contributed by atoms with Crippen LogP contribution in [0.2, 0.25) is 0 Å². The quantitative estimate of drug-likeness (QED) is 0.215. The lowest BCUT2D eigenvalue weighted by molar-refractivity contribution is -0.307. The largest absolute Gasteiger partial charge is 0.481 e. The minimum Gasteiger partial charge on any atom is -0.481 e. The third-order valence-electron chi connectivity index (χ3n) is 7.15. The first-order valence-electron chi connectivity index (χ1n) is 15.7. The molecule has 2 rings (SSSR count). The van der Waals surface area contributed by atoms with Crippen LogP contribution in [-0.4, -0.2) is 110 Å². The fourth-order valence-electron chi connectivity index (χ4n) is 4.54. The minimum absolute atomic E-state index is 0.145. The lowest BCUT2D eigenvalue weighted by Gasteiger charge is -2.40. The second kappa shape index (κ2) is 22.2. The molecule has 0 spiro atoms. The first-order valence-corrected chi connectivity index (χ1v) is 15.7. The molecule has 0 aromatic rings. The van der Waals surface area contributed by atoms with E-state index in [0.29, 0.717) is 6.42 Å². The predicted octanol–water partition coefficient (Wildman–Crippen LogP) is 1.93. The van der Waals surface area contributed by atoms with E-state index in [-0.39, 0.29) is 25.4 Å². The van der Waals surface area contributed by atoms with Gasteiger partial charge in [-0.25, -0.2) is 4.79 Å². The Balaban J connectivity index is 2.14. The van der Waals surface area contributed by atoms with Crippen LogP contribution in [0, 0.1) is 0 Å². The molecule has 9 atom stereocenters. The van der Waals surface area contributed by atoms with Crippen molar-refractivity contribution in [2.24, 2.45) is 0 Å². The highest BCUT2D eigenvalue weighted by Crippen LogP contribution is 2.25. The monoisotopic (exact) mass is 664 g/mol. The van der Waals surface area contributed by atoms with E-state index >= 15 is 0 Å². The SMILES string of the molecule is CC1CCC/C=C/C=C/C(O)CC(O)C/C=C\C=C\C(O[C@@H]2O[C@H](COC(=O)CCC(=O)O)[C@@H](O)C(O)[C@H]2O)C/C=C/C=C\C(=O)O1. The zero-order valence-corrected chi connectivity index (χ0v) is 26.5. The van der Waals surface area contributed by atoms with Gasteiger partial charge in [-0.1, -0.05) is 66.8 Å². The van der Waals surface area contributed by atoms with Gasteiger partial charge in [0.1, 0.15) is 31.0 Å². The number of aliphatic hydroxyl groups excluding tert-OH is 5. The molecule has 2 aliphatic rings. The number of aliphatic hydroxyl groups is 5. The first-order chi connectivity index (χ1) is 22.5. The summed E-state index contributed by atoms with van der Waals surface area (Å²) in [5.74, 6) is -2.52. The van der Waals surface area contributed by atoms with Crippen molar-refractivity contribution in [1.82, 2.24) is 0 Å². The van der Waals surface area contributed by atoms with Gasteiger partial charge in [0.05, 0.1) is 37.3 Å². The van der Waals surface area contributed by atoms with Crippen molar-refractivity contribution in [2.75, 3.05) is 6.61 Å². The van der Waals surface area contributed by atoms with Crippen LogP contribution in [0.5, 0.6) is 0 Å². The molecular formula is C34H48O13. The third kappa shape index (κ3) is 16.8. The molecule has 0 bridgehead atoms. The number of carbonyl (C=O) groups is 3. The molecule has 13 heteroatoms. The molecule has 262 valence electrons. The van der Waals surface area contributed by atoms with Crippen LogP contribution in [-0.2, 0) is 33.3 Å². The lowest BCUT2D eigenvalue weighted by Crippen LogP contribution is -2.59. The number of carbonyl (C=O) groups excluding carboxylic acids is 2. The average Bonchev–Trinajstić information content (AvgIpc) is 3.01. The molecule has 2 aliphatic heterocycles. The van der Waals surface area contributed by atoms with Crippen molar-refractivity contribution in [2.45, 2.75) is 113 Å². The van der Waals surface area contributed by atoms with Gasteiger partial charge >= 0.3 is 17.9 Å². The van der Waals surface area contributed by atoms with Gasteiger partial charge in [0.15, 0.2) is 6.29 Å². The van der Waals surface area contributed by atoms with E-state index < -0.39 is 86.4 Å². The Kier molecular flexibility index (Phi) is 18.8. The van der Waals surface area contributed by atoms with E-state index in [1.807, 2.05) is 19.1 Å². The van der Waals surface area contributed by atoms with Crippen molar-refractivity contribution in [1.29, 1.82) is 0 Å². The van der Waals surface area contributed by atoms with Crippen molar-refractivity contribution in [3.8, 4) is 0 Å². The number of ether oxygens (including phenoxy) is 4. The smallest absolute Gasteiger partial charge is 0.331 e. The van der Waals surface area contributed by atoms with E-state index in [0.717, 1.165) is 12.8 Å². The molecule has 0 amide bonds. The standard InChI is InChI=1S/C34H48O13/c1-23-13-7-3-2-4-8-14-24(35)21-25(36)15-9-5-10-16-26(17-11-6-12-18-30(40)45-23)46-34-33(43)32(42)31(41)27(47-34)22-44-29(39)20-19-28(37)38/h2,4-6,8-12,14,16,18,23-27,31-36,41-43H,3,7,13,15,17,19-22H2,1H3,(H,37,38)/b4-2+,9-5-,11-6+,14-8+,16-10+,18-12-/t23?,24?,25?,26?,27-,31-,32?,33-,34-/m1/s1. The second-order valence-electron chi connectivity index (χ2n) is 11.3. The number of carboxylic acids is 1. The number of allylic oxidation sites excluding steroid dienone is 7. The zero-order chi connectivity index (χ0) is 34.6. The summed E-state index contributed by atoms with van der Waals surface area (Å²) < 4.78 is 21.9. The van der Waals surface area contributed by atoms with Crippen LogP contribution in [0.15, 0.2) is 72.9 Å². The van der Waals surface area contributed by atoms with Gasteiger partial charge in [-0.15, -0.1) is 0 Å². The number of esters is 2. The number of cyclic esters (lactones) is 1. The third-order valence-corrected chi connectivity index (χ3v) is 7.15. The summed E-state index contributed by atoms with van der Waals surface area (Å²) in [5.41, 5.74) is 0. The van der Waals surface area contributed by atoms with Crippen molar-refractivity contribution in [3.63, 3.8) is 0 Å². The average molecular weight is 665 g/mol. The van der Waals surface area contributed by atoms with E-state index in [1.165, 1.54) is 12.2 Å². The van der Waals surface area contributed by atoms with Gasteiger partial charge in [-0.05, 0) is 39.0 Å². The van der Waals surface area contributed by atoms with Crippen molar-refractivity contribution >= 4 is 17.9 Å². The summed E-state index contributed by atoms with van der Waals surface area (Å²) in [5, 5.41) is 60.5. The van der Waals surface area contributed by atoms with Crippen LogP contribution in [0.1, 0.15) is 58.3 Å². The Hall–Kier alpha value is -3.43. The highest BCUT2D eigenvalue weighted by molar-refractivity contribution is 5.82. The highest BCUT2D eigenvalue weighted by atomic mass is 16.7. The molecule has 0 aliphatic carbocycles. The maximum Gasteiger partial charge on any atom is 0.331 e. The summed E-state index contributed by atoms with van der Waals surface area (Å²) in [6.45, 7) is 1.29. The molecule has 2 heterocycles. The van der Waals surface area contributed by atoms with E-state index in [2.05, 4.69) is 0 Å². The Morgan fingerprint density at radius 1 is 0.872 bits per heavy atom. The Labute approximate surface area is 274 Å². The molecule has 0 radical (unpaired) electrons. The molecule has 0 saturated carbocycles. The van der Waals surface area contributed by atoms with E-state index in [9.17, 15) is 39.9 Å². The molecule has 5 unspecified atom stereocenters.